The Kier molecular flexibility index (Phi) is 5.39. The fraction of sp³-hybridized carbons (Fsp3) is 0.0625. The van der Waals surface area contributed by atoms with Crippen molar-refractivity contribution in [3.63, 3.8) is 0 Å². The Morgan fingerprint density at radius 1 is 1.12 bits per heavy atom. The van der Waals surface area contributed by atoms with Crippen molar-refractivity contribution in [3.8, 4) is 0 Å². The number of halogens is 1. The summed E-state index contributed by atoms with van der Waals surface area (Å²) in [5.41, 5.74) is 11.6. The Balaban J connectivity index is 1.97. The molecule has 24 heavy (non-hydrogen) atoms. The molecular weight excluding hydrogens is 334 g/mol. The molecule has 2 aromatic rings. The van der Waals surface area contributed by atoms with Crippen molar-refractivity contribution in [2.24, 2.45) is 5.73 Å². The maximum absolute atomic E-state index is 11.9. The Bertz CT molecular complexity index is 808. The van der Waals surface area contributed by atoms with Crippen LogP contribution in [0.3, 0.4) is 0 Å². The highest BCUT2D eigenvalue weighted by atomic mass is 35.5. The number of anilines is 2. The second-order valence-electron chi connectivity index (χ2n) is 4.77. The molecule has 2 rings (SSSR count). The van der Waals surface area contributed by atoms with Crippen LogP contribution in [-0.2, 0) is 9.53 Å². The lowest BCUT2D eigenvalue weighted by molar-refractivity contribution is -0.119. The van der Waals surface area contributed by atoms with Gasteiger partial charge in [0.05, 0.1) is 27.5 Å². The van der Waals surface area contributed by atoms with Gasteiger partial charge in [-0.3, -0.25) is 9.59 Å². The molecule has 0 aromatic heterocycles. The molecule has 2 aromatic carbocycles. The molecule has 0 saturated carbocycles. The molecule has 5 N–H and O–H groups in total. The summed E-state index contributed by atoms with van der Waals surface area (Å²) in [5.74, 6) is -2.02. The second kappa shape index (κ2) is 7.47. The Morgan fingerprint density at radius 2 is 1.83 bits per heavy atom. The van der Waals surface area contributed by atoms with Crippen molar-refractivity contribution < 1.29 is 19.1 Å². The van der Waals surface area contributed by atoms with Crippen LogP contribution in [0.2, 0.25) is 5.02 Å². The quantitative estimate of drug-likeness (QED) is 0.562. The summed E-state index contributed by atoms with van der Waals surface area (Å²) in [6, 6.07) is 10.5. The molecule has 0 aliphatic carbocycles. The Hall–Kier alpha value is -3.06. The molecule has 0 saturated heterocycles. The first-order chi connectivity index (χ1) is 11.4. The van der Waals surface area contributed by atoms with Gasteiger partial charge in [0.15, 0.2) is 6.61 Å². The minimum Gasteiger partial charge on any atom is -0.452 e. The van der Waals surface area contributed by atoms with Crippen molar-refractivity contribution in [3.05, 3.63) is 58.6 Å². The summed E-state index contributed by atoms with van der Waals surface area (Å²) in [4.78, 5) is 35.0. The molecule has 0 aliphatic heterocycles. The summed E-state index contributed by atoms with van der Waals surface area (Å²) in [6.45, 7) is -0.533. The van der Waals surface area contributed by atoms with Gasteiger partial charge in [0.1, 0.15) is 0 Å². The predicted octanol–water partition coefficient (Wildman–Crippen LogP) is 1.82. The summed E-state index contributed by atoms with van der Waals surface area (Å²) in [7, 11) is 0. The first kappa shape index (κ1) is 17.3. The molecular formula is C16H14ClN3O4. The molecule has 0 spiro atoms. The molecule has 0 fully saturated rings. The van der Waals surface area contributed by atoms with E-state index in [9.17, 15) is 14.4 Å². The SMILES string of the molecule is NC(=O)c1ccccc1NC(=O)COC(=O)c1ccc(Cl)c(N)c1. The van der Waals surface area contributed by atoms with Gasteiger partial charge in [-0.15, -0.1) is 0 Å². The number of primary amides is 1. The van der Waals surface area contributed by atoms with E-state index in [-0.39, 0.29) is 22.5 Å². The highest BCUT2D eigenvalue weighted by molar-refractivity contribution is 6.33. The average Bonchev–Trinajstić information content (AvgIpc) is 2.55. The van der Waals surface area contributed by atoms with E-state index in [1.165, 1.54) is 30.3 Å². The number of carbonyl (C=O) groups is 3. The van der Waals surface area contributed by atoms with Gasteiger partial charge in [0.25, 0.3) is 11.8 Å². The number of ether oxygens (including phenoxy) is 1. The molecule has 0 unspecified atom stereocenters. The maximum atomic E-state index is 11.9. The van der Waals surface area contributed by atoms with Crippen molar-refractivity contribution in [1.82, 2.24) is 0 Å². The molecule has 0 heterocycles. The first-order valence-corrected chi connectivity index (χ1v) is 7.17. The van der Waals surface area contributed by atoms with Gasteiger partial charge in [-0.2, -0.15) is 0 Å². The third-order valence-corrected chi connectivity index (χ3v) is 3.38. The van der Waals surface area contributed by atoms with Crippen molar-refractivity contribution in [2.75, 3.05) is 17.7 Å². The summed E-state index contributed by atoms with van der Waals surface area (Å²) in [6.07, 6.45) is 0. The first-order valence-electron chi connectivity index (χ1n) is 6.79. The fourth-order valence-corrected chi connectivity index (χ4v) is 2.00. The average molecular weight is 348 g/mol. The Labute approximate surface area is 142 Å². The normalized spacial score (nSPS) is 10.0. The van der Waals surface area contributed by atoms with Crippen LogP contribution in [0.5, 0.6) is 0 Å². The summed E-state index contributed by atoms with van der Waals surface area (Å²) < 4.78 is 4.89. The number of amides is 2. The lowest BCUT2D eigenvalue weighted by Crippen LogP contribution is -2.23. The molecule has 8 heteroatoms. The zero-order valence-corrected chi connectivity index (χ0v) is 13.2. The van der Waals surface area contributed by atoms with Gasteiger partial charge < -0.3 is 21.5 Å². The van der Waals surface area contributed by atoms with Crippen LogP contribution in [-0.4, -0.2) is 24.4 Å². The van der Waals surface area contributed by atoms with E-state index >= 15 is 0 Å². The van der Waals surface area contributed by atoms with Crippen molar-refractivity contribution >= 4 is 40.8 Å². The van der Waals surface area contributed by atoms with E-state index in [0.717, 1.165) is 0 Å². The van der Waals surface area contributed by atoms with Gasteiger partial charge in [-0.05, 0) is 30.3 Å². The number of para-hydroxylation sites is 1. The lowest BCUT2D eigenvalue weighted by atomic mass is 10.1. The number of nitrogen functional groups attached to an aromatic ring is 1. The number of hydrogen-bond acceptors (Lipinski definition) is 5. The van der Waals surface area contributed by atoms with Crippen LogP contribution in [0.4, 0.5) is 11.4 Å². The van der Waals surface area contributed by atoms with Gasteiger partial charge in [-0.25, -0.2) is 4.79 Å². The van der Waals surface area contributed by atoms with Gasteiger partial charge in [0, 0.05) is 0 Å². The number of carbonyl (C=O) groups excluding carboxylic acids is 3. The molecule has 7 nitrogen and oxygen atoms in total. The highest BCUT2D eigenvalue weighted by Gasteiger charge is 2.14. The maximum Gasteiger partial charge on any atom is 0.338 e. The van der Waals surface area contributed by atoms with E-state index in [1.54, 1.807) is 12.1 Å². The van der Waals surface area contributed by atoms with Crippen molar-refractivity contribution in [2.45, 2.75) is 0 Å². The van der Waals surface area contributed by atoms with Crippen LogP contribution in [0.1, 0.15) is 20.7 Å². The number of esters is 1. The minimum atomic E-state index is -0.725. The summed E-state index contributed by atoms with van der Waals surface area (Å²) in [5, 5.41) is 2.77. The van der Waals surface area contributed by atoms with Crippen LogP contribution in [0.15, 0.2) is 42.5 Å². The van der Waals surface area contributed by atoms with Gasteiger partial charge in [0.2, 0.25) is 0 Å². The zero-order valence-electron chi connectivity index (χ0n) is 12.4. The van der Waals surface area contributed by atoms with E-state index in [0.29, 0.717) is 5.02 Å². The number of benzene rings is 2. The number of nitrogens with one attached hydrogen (secondary N) is 1. The monoisotopic (exact) mass is 347 g/mol. The largest absolute Gasteiger partial charge is 0.452 e. The van der Waals surface area contributed by atoms with Crippen molar-refractivity contribution in [1.29, 1.82) is 0 Å². The standard InChI is InChI=1S/C16H14ClN3O4/c17-11-6-5-9(7-12(11)18)16(23)24-8-14(21)20-13-4-2-1-3-10(13)15(19)22/h1-7H,8,18H2,(H2,19,22)(H,20,21). The third kappa shape index (κ3) is 4.23. The molecule has 0 bridgehead atoms. The third-order valence-electron chi connectivity index (χ3n) is 3.03. The van der Waals surface area contributed by atoms with E-state index in [4.69, 9.17) is 27.8 Å². The Morgan fingerprint density at radius 3 is 2.50 bits per heavy atom. The second-order valence-corrected chi connectivity index (χ2v) is 5.18. The van der Waals surface area contributed by atoms with E-state index in [2.05, 4.69) is 5.32 Å². The van der Waals surface area contributed by atoms with Gasteiger partial charge in [-0.1, -0.05) is 23.7 Å². The number of hydrogen-bond donors (Lipinski definition) is 3. The van der Waals surface area contributed by atoms with Gasteiger partial charge >= 0.3 is 5.97 Å². The molecule has 0 aliphatic rings. The van der Waals surface area contributed by atoms with Crippen LogP contribution < -0.4 is 16.8 Å². The topological polar surface area (TPSA) is 125 Å². The lowest BCUT2D eigenvalue weighted by Gasteiger charge is -2.09. The van der Waals surface area contributed by atoms with Crippen LogP contribution in [0.25, 0.3) is 0 Å². The number of nitrogens with two attached hydrogens (primary N) is 2. The smallest absolute Gasteiger partial charge is 0.338 e. The zero-order chi connectivity index (χ0) is 17.7. The predicted molar refractivity (Wildman–Crippen MR) is 89.7 cm³/mol. The molecule has 0 radical (unpaired) electrons. The molecule has 2 amide bonds. The number of rotatable bonds is 5. The highest BCUT2D eigenvalue weighted by Crippen LogP contribution is 2.20. The molecule has 0 atom stereocenters. The van der Waals surface area contributed by atoms with E-state index in [1.807, 2.05) is 0 Å². The summed E-state index contributed by atoms with van der Waals surface area (Å²) >= 11 is 5.76. The molecule has 124 valence electrons. The van der Waals surface area contributed by atoms with Crippen LogP contribution >= 0.6 is 11.6 Å². The van der Waals surface area contributed by atoms with Crippen LogP contribution in [0, 0.1) is 0 Å². The fourth-order valence-electron chi connectivity index (χ4n) is 1.88. The minimum absolute atomic E-state index is 0.155. The van der Waals surface area contributed by atoms with E-state index < -0.39 is 24.4 Å².